The maximum atomic E-state index is 11.6. The maximum Gasteiger partial charge on any atom is 0.378 e. The minimum Gasteiger partial charge on any atom is -0.867 e. The van der Waals surface area contributed by atoms with Gasteiger partial charge in [0.05, 0.1) is 4.92 Å². The molecule has 0 aliphatic carbocycles. The second-order valence-corrected chi connectivity index (χ2v) is 3.18. The van der Waals surface area contributed by atoms with Gasteiger partial charge in [0.2, 0.25) is 5.39 Å². The highest BCUT2D eigenvalue weighted by atomic mass is 16.6. The van der Waals surface area contributed by atoms with Crippen LogP contribution >= 0.6 is 0 Å². The van der Waals surface area contributed by atoms with Gasteiger partial charge in [-0.25, -0.2) is 0 Å². The van der Waals surface area contributed by atoms with Crippen LogP contribution in [0, 0.1) is 15.5 Å². The van der Waals surface area contributed by atoms with E-state index in [0.29, 0.717) is 10.8 Å². The zero-order valence-corrected chi connectivity index (χ0v) is 7.95. The van der Waals surface area contributed by atoms with Crippen LogP contribution in [0.3, 0.4) is 0 Å². The van der Waals surface area contributed by atoms with Crippen molar-refractivity contribution >= 4 is 22.1 Å². The number of nitro benzene ring substituents is 1. The fourth-order valence-electron chi connectivity index (χ4n) is 1.47. The number of rotatable bonds is 1. The Kier molecular flexibility index (Phi) is 2.14. The standard InChI is InChI=1S/C10H5N3O3/c11-12-9-4-1-6-5-7(13(15)16)2-3-8(6)10(9)14/h1-5H. The molecule has 0 N–H and O–H groups in total. The van der Waals surface area contributed by atoms with Crippen molar-refractivity contribution in [1.29, 1.82) is 5.39 Å². The molecule has 0 aliphatic rings. The number of non-ortho nitro benzene ring substituents is 1. The van der Waals surface area contributed by atoms with E-state index in [1.54, 1.807) is 0 Å². The number of nitrogens with zero attached hydrogens (tertiary/aromatic N) is 3. The molecular weight excluding hydrogens is 210 g/mol. The molecule has 6 heteroatoms. The van der Waals surface area contributed by atoms with Gasteiger partial charge >= 0.3 is 5.69 Å². The highest BCUT2D eigenvalue weighted by Gasteiger charge is 2.11. The topological polar surface area (TPSA) is 94.3 Å². The van der Waals surface area contributed by atoms with Crippen molar-refractivity contribution in [3.8, 4) is 5.75 Å². The minimum atomic E-state index is -0.533. The largest absolute Gasteiger partial charge is 0.867 e. The van der Waals surface area contributed by atoms with Crippen LogP contribution in [-0.2, 0) is 0 Å². The van der Waals surface area contributed by atoms with Gasteiger partial charge in [-0.2, -0.15) is 0 Å². The molecule has 78 valence electrons. The number of diazo groups is 1. The first-order valence-corrected chi connectivity index (χ1v) is 4.37. The first kappa shape index (κ1) is 9.86. The predicted octanol–water partition coefficient (Wildman–Crippen LogP) is 2.31. The van der Waals surface area contributed by atoms with E-state index in [1.165, 1.54) is 30.3 Å². The highest BCUT2D eigenvalue weighted by molar-refractivity contribution is 5.94. The van der Waals surface area contributed by atoms with Gasteiger partial charge in [0, 0.05) is 18.2 Å². The summed E-state index contributed by atoms with van der Waals surface area (Å²) >= 11 is 0. The number of benzene rings is 2. The van der Waals surface area contributed by atoms with E-state index in [-0.39, 0.29) is 11.4 Å². The average Bonchev–Trinajstić information content (AvgIpc) is 2.29. The van der Waals surface area contributed by atoms with Crippen molar-refractivity contribution in [2.75, 3.05) is 0 Å². The molecule has 0 heterocycles. The van der Waals surface area contributed by atoms with Crippen LogP contribution in [0.4, 0.5) is 11.4 Å². The van der Waals surface area contributed by atoms with Crippen molar-refractivity contribution in [3.63, 3.8) is 0 Å². The Balaban J connectivity index is 2.76. The number of nitro groups is 1. The molecule has 0 atom stereocenters. The first-order chi connectivity index (χ1) is 7.63. The Labute approximate surface area is 89.5 Å². The third-order valence-electron chi connectivity index (χ3n) is 2.25. The van der Waals surface area contributed by atoms with Crippen LogP contribution in [-0.4, -0.2) is 4.92 Å². The summed E-state index contributed by atoms with van der Waals surface area (Å²) in [5.74, 6) is -0.449. The summed E-state index contributed by atoms with van der Waals surface area (Å²) in [5.41, 5.74) is -0.165. The van der Waals surface area contributed by atoms with Gasteiger partial charge in [0.25, 0.3) is 5.69 Å². The molecule has 2 aromatic rings. The zero-order chi connectivity index (χ0) is 11.7. The fraction of sp³-hybridized carbons (Fsp3) is 0. The lowest BCUT2D eigenvalue weighted by atomic mass is 10.1. The molecule has 6 nitrogen and oxygen atoms in total. The van der Waals surface area contributed by atoms with Crippen LogP contribution < -0.4 is 5.11 Å². The van der Waals surface area contributed by atoms with Crippen LogP contribution in [0.15, 0.2) is 30.3 Å². The molecule has 0 unspecified atom stereocenters. The van der Waals surface area contributed by atoms with Crippen molar-refractivity contribution in [3.05, 3.63) is 45.4 Å². The Bertz CT molecular complexity index is 631. The second kappa shape index (κ2) is 3.47. The van der Waals surface area contributed by atoms with Crippen molar-refractivity contribution < 1.29 is 10.0 Å². The third-order valence-corrected chi connectivity index (χ3v) is 2.25. The molecule has 0 radical (unpaired) electrons. The van der Waals surface area contributed by atoms with Crippen LogP contribution in [0.25, 0.3) is 15.7 Å². The van der Waals surface area contributed by atoms with E-state index in [0.717, 1.165) is 0 Å². The summed E-state index contributed by atoms with van der Waals surface area (Å²) in [6.07, 6.45) is 0. The lowest BCUT2D eigenvalue weighted by Crippen LogP contribution is -1.92. The second-order valence-electron chi connectivity index (χ2n) is 3.18. The maximum absolute atomic E-state index is 11.6. The molecule has 0 bridgehead atoms. The molecule has 2 aromatic carbocycles. The van der Waals surface area contributed by atoms with Crippen molar-refractivity contribution in [1.82, 2.24) is 0 Å². The SMILES string of the molecule is N#[N+]c1ccc2cc([N+](=O)[O-])ccc2c1[O-]. The van der Waals surface area contributed by atoms with Gasteiger partial charge in [-0.05, 0) is 28.7 Å². The summed E-state index contributed by atoms with van der Waals surface area (Å²) in [6, 6.07) is 6.71. The van der Waals surface area contributed by atoms with E-state index < -0.39 is 10.7 Å². The lowest BCUT2D eigenvalue weighted by Gasteiger charge is -2.06. The molecule has 0 saturated carbocycles. The molecule has 16 heavy (non-hydrogen) atoms. The van der Waals surface area contributed by atoms with Gasteiger partial charge in [-0.1, -0.05) is 0 Å². The van der Waals surface area contributed by atoms with Crippen LogP contribution in [0.5, 0.6) is 5.75 Å². The van der Waals surface area contributed by atoms with E-state index in [9.17, 15) is 15.2 Å². The summed E-state index contributed by atoms with van der Waals surface area (Å²) < 4.78 is 0. The van der Waals surface area contributed by atoms with Gasteiger partial charge in [0.15, 0.2) is 4.98 Å². The first-order valence-electron chi connectivity index (χ1n) is 4.37. The molecule has 2 rings (SSSR count). The smallest absolute Gasteiger partial charge is 0.378 e. The average molecular weight is 215 g/mol. The van der Waals surface area contributed by atoms with Gasteiger partial charge in [-0.3, -0.25) is 10.1 Å². The number of hydrogen-bond acceptors (Lipinski definition) is 4. The molecule has 0 aromatic heterocycles. The molecule has 0 amide bonds. The Morgan fingerprint density at radius 2 is 2.00 bits per heavy atom. The van der Waals surface area contributed by atoms with Crippen LogP contribution in [0.1, 0.15) is 0 Å². The van der Waals surface area contributed by atoms with E-state index in [4.69, 9.17) is 5.39 Å². The monoisotopic (exact) mass is 215 g/mol. The molecule has 0 saturated heterocycles. The van der Waals surface area contributed by atoms with Gasteiger partial charge < -0.3 is 5.11 Å². The summed E-state index contributed by atoms with van der Waals surface area (Å²) in [6.45, 7) is 0. The van der Waals surface area contributed by atoms with E-state index in [2.05, 4.69) is 4.98 Å². The molecule has 0 spiro atoms. The Morgan fingerprint density at radius 3 is 2.62 bits per heavy atom. The van der Waals surface area contributed by atoms with Crippen molar-refractivity contribution in [2.45, 2.75) is 0 Å². The Hall–Kier alpha value is -2.68. The quantitative estimate of drug-likeness (QED) is 0.414. The zero-order valence-electron chi connectivity index (χ0n) is 7.95. The predicted molar refractivity (Wildman–Crippen MR) is 54.8 cm³/mol. The Morgan fingerprint density at radius 1 is 1.25 bits per heavy atom. The summed E-state index contributed by atoms with van der Waals surface area (Å²) in [5, 5.41) is 31.4. The summed E-state index contributed by atoms with van der Waals surface area (Å²) in [4.78, 5) is 12.8. The number of fused-ring (bicyclic) bond motifs is 1. The third kappa shape index (κ3) is 1.40. The minimum absolute atomic E-state index is 0.0821. The summed E-state index contributed by atoms with van der Waals surface area (Å²) in [7, 11) is 0. The lowest BCUT2D eigenvalue weighted by molar-refractivity contribution is -0.384. The van der Waals surface area contributed by atoms with Gasteiger partial charge in [0.1, 0.15) is 0 Å². The van der Waals surface area contributed by atoms with Crippen LogP contribution in [0.2, 0.25) is 0 Å². The normalized spacial score (nSPS) is 9.94. The van der Waals surface area contributed by atoms with Gasteiger partial charge in [-0.15, -0.1) is 0 Å². The highest BCUT2D eigenvalue weighted by Crippen LogP contribution is 2.33. The van der Waals surface area contributed by atoms with E-state index in [1.807, 2.05) is 0 Å². The molecular formula is C10H5N3O3. The fourth-order valence-corrected chi connectivity index (χ4v) is 1.47. The molecule has 0 aliphatic heterocycles. The number of hydrogen-bond donors (Lipinski definition) is 0. The van der Waals surface area contributed by atoms with E-state index >= 15 is 0 Å². The van der Waals surface area contributed by atoms with Crippen molar-refractivity contribution in [2.24, 2.45) is 0 Å². The molecule has 0 fully saturated rings.